The van der Waals surface area contributed by atoms with Gasteiger partial charge in [-0.1, -0.05) is 88.3 Å². The highest BCUT2D eigenvalue weighted by molar-refractivity contribution is 6.79. The van der Waals surface area contributed by atoms with Crippen molar-refractivity contribution in [1.82, 2.24) is 4.90 Å². The summed E-state index contributed by atoms with van der Waals surface area (Å²) in [5, 5.41) is 2.50. The van der Waals surface area contributed by atoms with Crippen LogP contribution in [0, 0.1) is 10.8 Å². The van der Waals surface area contributed by atoms with E-state index >= 15 is 0 Å². The zero-order valence-corrected chi connectivity index (χ0v) is 18.2. The average Bonchev–Trinajstić information content (AvgIpc) is 2.73. The minimum atomic E-state index is 0.367. The van der Waals surface area contributed by atoms with Crippen molar-refractivity contribution in [3.05, 3.63) is 46.4 Å². The van der Waals surface area contributed by atoms with Gasteiger partial charge in [0.05, 0.1) is 0 Å². The molecule has 2 heteroatoms. The summed E-state index contributed by atoms with van der Waals surface area (Å²) in [6.45, 7) is 18.1. The molecule has 0 aromatic heterocycles. The van der Waals surface area contributed by atoms with E-state index in [4.69, 9.17) is 0 Å². The van der Waals surface area contributed by atoms with Gasteiger partial charge in [-0.15, -0.1) is 0 Å². The minimum Gasteiger partial charge on any atom is -0.309 e. The van der Waals surface area contributed by atoms with Crippen LogP contribution in [0.4, 0.5) is 0 Å². The van der Waals surface area contributed by atoms with E-state index in [1.165, 1.54) is 41.7 Å². The molecule has 0 spiro atoms. The molecule has 1 saturated heterocycles. The van der Waals surface area contributed by atoms with Gasteiger partial charge in [-0.2, -0.15) is 0 Å². The molecular weight excluding hydrogens is 313 g/mol. The van der Waals surface area contributed by atoms with Crippen LogP contribution in [0.2, 0.25) is 12.6 Å². The van der Waals surface area contributed by atoms with Crippen LogP contribution in [0.1, 0.15) is 47.5 Å². The highest BCUT2D eigenvalue weighted by Crippen LogP contribution is 2.54. The lowest BCUT2D eigenvalue weighted by molar-refractivity contribution is 0.177. The monoisotopic (exact) mass is 351 g/mol. The number of nitrogens with zero attached hydrogens (tertiary/aromatic N) is 1. The maximum Gasteiger partial charge on any atom is 0.177 e. The van der Waals surface area contributed by atoms with Gasteiger partial charge in [-0.05, 0) is 61.7 Å². The Morgan fingerprint density at radius 2 is 1.69 bits per heavy atom. The summed E-state index contributed by atoms with van der Waals surface area (Å²) in [5.74, 6) is 0. The Hall–Kier alpha value is -1.28. The van der Waals surface area contributed by atoms with Crippen LogP contribution in [0.15, 0.2) is 35.9 Å². The molecule has 0 aliphatic carbocycles. The third-order valence-corrected chi connectivity index (χ3v) is 6.69. The fourth-order valence-corrected chi connectivity index (χ4v) is 4.31. The SMILES string of the molecule is C=c1cccc/c1=C(/C=C(\C)CCCN(C)C)B1CC(C)(C)C(C)(C)C1. The molecule has 0 unspecified atom stereocenters. The van der Waals surface area contributed by atoms with Gasteiger partial charge < -0.3 is 4.90 Å². The lowest BCUT2D eigenvalue weighted by Gasteiger charge is -2.35. The first-order valence-corrected chi connectivity index (χ1v) is 10.1. The van der Waals surface area contributed by atoms with Crippen molar-refractivity contribution >= 4 is 18.8 Å². The molecule has 1 aromatic rings. The fraction of sp³-hybridized carbons (Fsp3) is 0.583. The summed E-state index contributed by atoms with van der Waals surface area (Å²) in [6, 6.07) is 8.67. The van der Waals surface area contributed by atoms with Gasteiger partial charge in [0.25, 0.3) is 0 Å². The molecule has 26 heavy (non-hydrogen) atoms. The van der Waals surface area contributed by atoms with Crippen molar-refractivity contribution in [2.24, 2.45) is 10.8 Å². The highest BCUT2D eigenvalue weighted by Gasteiger charge is 2.48. The van der Waals surface area contributed by atoms with Gasteiger partial charge in [0, 0.05) is 0 Å². The van der Waals surface area contributed by atoms with Crippen LogP contribution in [0.3, 0.4) is 0 Å². The predicted octanol–water partition coefficient (Wildman–Crippen LogP) is 4.64. The van der Waals surface area contributed by atoms with Crippen LogP contribution in [-0.2, 0) is 0 Å². The summed E-state index contributed by atoms with van der Waals surface area (Å²) >= 11 is 0. The number of hydrogen-bond donors (Lipinski definition) is 0. The van der Waals surface area contributed by atoms with Crippen molar-refractivity contribution in [2.45, 2.75) is 60.1 Å². The Bertz CT molecular complexity index is 739. The second kappa shape index (κ2) is 8.17. The maximum atomic E-state index is 4.32. The van der Waals surface area contributed by atoms with E-state index in [1.54, 1.807) is 0 Å². The zero-order chi connectivity index (χ0) is 19.5. The molecule has 2 rings (SSSR count). The summed E-state index contributed by atoms with van der Waals surface area (Å²) in [7, 11) is 4.30. The largest absolute Gasteiger partial charge is 0.309 e. The number of hydrogen-bond acceptors (Lipinski definition) is 1. The third-order valence-electron chi connectivity index (χ3n) is 6.69. The first-order valence-electron chi connectivity index (χ1n) is 10.1. The van der Waals surface area contributed by atoms with Crippen molar-refractivity contribution < 1.29 is 0 Å². The predicted molar refractivity (Wildman–Crippen MR) is 119 cm³/mol. The maximum absolute atomic E-state index is 4.32. The van der Waals surface area contributed by atoms with Gasteiger partial charge in [-0.3, -0.25) is 0 Å². The molecule has 1 aromatic carbocycles. The van der Waals surface area contributed by atoms with E-state index in [9.17, 15) is 0 Å². The van der Waals surface area contributed by atoms with Crippen LogP contribution in [-0.4, -0.2) is 32.3 Å². The Kier molecular flexibility index (Phi) is 6.61. The number of rotatable bonds is 6. The van der Waals surface area contributed by atoms with Crippen molar-refractivity contribution in [3.8, 4) is 0 Å². The van der Waals surface area contributed by atoms with Gasteiger partial charge in [0.1, 0.15) is 0 Å². The summed E-state index contributed by atoms with van der Waals surface area (Å²) in [6.07, 6.45) is 7.38. The lowest BCUT2D eigenvalue weighted by atomic mass is 9.41. The third kappa shape index (κ3) is 4.91. The molecule has 0 N–H and O–H groups in total. The first-order chi connectivity index (χ1) is 12.0. The topological polar surface area (TPSA) is 3.24 Å². The van der Waals surface area contributed by atoms with E-state index in [-0.39, 0.29) is 0 Å². The Balaban J connectivity index is 2.42. The molecule has 0 saturated carbocycles. The highest BCUT2D eigenvalue weighted by atomic mass is 15.0. The van der Waals surface area contributed by atoms with Crippen LogP contribution >= 0.6 is 0 Å². The minimum absolute atomic E-state index is 0.367. The van der Waals surface area contributed by atoms with Gasteiger partial charge in [0.15, 0.2) is 6.71 Å². The summed E-state index contributed by atoms with van der Waals surface area (Å²) < 4.78 is 0. The lowest BCUT2D eigenvalue weighted by Crippen LogP contribution is -2.30. The molecule has 1 heterocycles. The molecule has 0 bridgehead atoms. The molecule has 1 aliphatic rings. The zero-order valence-electron chi connectivity index (χ0n) is 18.2. The van der Waals surface area contributed by atoms with E-state index in [2.05, 4.69) is 90.5 Å². The first kappa shape index (κ1) is 21.0. The molecule has 1 aliphatic heterocycles. The van der Waals surface area contributed by atoms with E-state index < -0.39 is 0 Å². The van der Waals surface area contributed by atoms with Crippen LogP contribution < -0.4 is 10.4 Å². The standard InChI is InChI=1S/C24H38BN/c1-19(12-11-15-26(7)8)16-22(21-14-10-9-13-20(21)2)25-17-23(3,4)24(5,6)18-25/h9-10,13-14,16H,2,11-12,15,17-18H2,1,3-8H3/b19-16+,22-21+. The smallest absolute Gasteiger partial charge is 0.177 e. The molecule has 0 radical (unpaired) electrons. The van der Waals surface area contributed by atoms with Crippen LogP contribution in [0.5, 0.6) is 0 Å². The van der Waals surface area contributed by atoms with Crippen molar-refractivity contribution in [1.29, 1.82) is 0 Å². The molecule has 1 fully saturated rings. The summed E-state index contributed by atoms with van der Waals surface area (Å²) in [4.78, 5) is 2.27. The van der Waals surface area contributed by atoms with Gasteiger partial charge >= 0.3 is 0 Å². The van der Waals surface area contributed by atoms with Crippen molar-refractivity contribution in [3.63, 3.8) is 0 Å². The fourth-order valence-electron chi connectivity index (χ4n) is 4.31. The molecular formula is C24H38BN. The molecule has 0 atom stereocenters. The van der Waals surface area contributed by atoms with Crippen LogP contribution in [0.25, 0.3) is 12.1 Å². The molecule has 1 nitrogen and oxygen atoms in total. The molecule has 142 valence electrons. The Morgan fingerprint density at radius 3 is 2.23 bits per heavy atom. The van der Waals surface area contributed by atoms with Gasteiger partial charge in [0.2, 0.25) is 0 Å². The Labute approximate surface area is 162 Å². The Morgan fingerprint density at radius 1 is 1.12 bits per heavy atom. The second-order valence-electron chi connectivity index (χ2n) is 9.88. The summed E-state index contributed by atoms with van der Waals surface area (Å²) in [5.41, 5.74) is 3.74. The second-order valence-corrected chi connectivity index (χ2v) is 9.88. The van der Waals surface area contributed by atoms with Gasteiger partial charge in [-0.25, -0.2) is 0 Å². The quantitative estimate of drug-likeness (QED) is 0.675. The van der Waals surface area contributed by atoms with E-state index in [1.807, 2.05) is 0 Å². The van der Waals surface area contributed by atoms with E-state index in [0.29, 0.717) is 17.5 Å². The number of allylic oxidation sites excluding steroid dienone is 2. The van der Waals surface area contributed by atoms with E-state index in [0.717, 1.165) is 11.8 Å². The normalized spacial score (nSPS) is 20.6. The molecule has 0 amide bonds. The number of benzene rings is 1. The van der Waals surface area contributed by atoms with Crippen molar-refractivity contribution in [2.75, 3.05) is 20.6 Å². The average molecular weight is 351 g/mol.